The van der Waals surface area contributed by atoms with Gasteiger partial charge in [0.05, 0.1) is 17.5 Å². The van der Waals surface area contributed by atoms with E-state index >= 15 is 0 Å². The molecule has 0 unspecified atom stereocenters. The van der Waals surface area contributed by atoms with E-state index in [1.807, 2.05) is 16.7 Å². The van der Waals surface area contributed by atoms with E-state index in [1.165, 1.54) is 0 Å². The highest BCUT2D eigenvalue weighted by molar-refractivity contribution is 7.13. The molecule has 0 spiro atoms. The van der Waals surface area contributed by atoms with Crippen molar-refractivity contribution in [2.75, 3.05) is 6.54 Å². The molecule has 0 aromatic carbocycles. The molecule has 5 heteroatoms. The monoisotopic (exact) mass is 244 g/mol. The van der Waals surface area contributed by atoms with Gasteiger partial charge in [-0.15, -0.1) is 11.3 Å². The van der Waals surface area contributed by atoms with Gasteiger partial charge in [0.2, 0.25) is 0 Å². The predicted octanol–water partition coefficient (Wildman–Crippen LogP) is 1.96. The highest BCUT2D eigenvalue weighted by atomic mass is 32.1. The maximum Gasteiger partial charge on any atom is 0.125 e. The molecule has 86 valence electrons. The van der Waals surface area contributed by atoms with Crippen molar-refractivity contribution in [3.05, 3.63) is 41.9 Å². The minimum Gasteiger partial charge on any atom is -0.330 e. The van der Waals surface area contributed by atoms with E-state index in [1.54, 1.807) is 23.9 Å². The molecule has 0 amide bonds. The Hall–Kier alpha value is -1.72. The van der Waals surface area contributed by atoms with Crippen LogP contribution < -0.4 is 5.73 Å². The highest BCUT2D eigenvalue weighted by Crippen LogP contribution is 2.28. The van der Waals surface area contributed by atoms with Crippen molar-refractivity contribution in [2.45, 2.75) is 6.42 Å². The van der Waals surface area contributed by atoms with Crippen molar-refractivity contribution in [2.24, 2.45) is 5.73 Å². The topological polar surface area (TPSA) is 56.2 Å². The van der Waals surface area contributed by atoms with Crippen LogP contribution in [-0.2, 0) is 6.42 Å². The molecule has 3 aromatic rings. The van der Waals surface area contributed by atoms with Crippen LogP contribution in [0.4, 0.5) is 0 Å². The molecule has 3 heterocycles. The molecule has 0 aliphatic heterocycles. The van der Waals surface area contributed by atoms with Crippen molar-refractivity contribution in [1.82, 2.24) is 14.4 Å². The molecule has 4 nitrogen and oxygen atoms in total. The van der Waals surface area contributed by atoms with Crippen molar-refractivity contribution >= 4 is 16.9 Å². The molecular formula is C12H12N4S. The Bertz CT molecular complexity index is 641. The molecule has 0 fully saturated rings. The molecule has 0 atom stereocenters. The van der Waals surface area contributed by atoms with Gasteiger partial charge in [0.15, 0.2) is 0 Å². The van der Waals surface area contributed by atoms with Crippen molar-refractivity contribution < 1.29 is 0 Å². The Balaban J connectivity index is 2.07. The lowest BCUT2D eigenvalue weighted by Crippen LogP contribution is -2.02. The van der Waals surface area contributed by atoms with Crippen molar-refractivity contribution in [1.29, 1.82) is 0 Å². The van der Waals surface area contributed by atoms with Crippen LogP contribution in [0, 0.1) is 0 Å². The zero-order chi connectivity index (χ0) is 11.7. The number of hydrogen-bond acceptors (Lipinski definition) is 4. The number of nitrogens with two attached hydrogens (primary N) is 1. The van der Waals surface area contributed by atoms with Gasteiger partial charge in [0, 0.05) is 29.8 Å². The molecule has 2 N–H and O–H groups in total. The molecular weight excluding hydrogens is 232 g/mol. The normalized spacial score (nSPS) is 11.1. The smallest absolute Gasteiger partial charge is 0.125 e. The predicted molar refractivity (Wildman–Crippen MR) is 69.1 cm³/mol. The van der Waals surface area contributed by atoms with E-state index in [0.717, 1.165) is 28.2 Å². The minimum atomic E-state index is 0.642. The average molecular weight is 244 g/mol. The van der Waals surface area contributed by atoms with E-state index in [9.17, 15) is 0 Å². The van der Waals surface area contributed by atoms with Crippen LogP contribution in [0.2, 0.25) is 0 Å². The number of rotatable bonds is 3. The maximum atomic E-state index is 5.53. The van der Waals surface area contributed by atoms with Crippen molar-refractivity contribution in [3.63, 3.8) is 0 Å². The summed E-state index contributed by atoms with van der Waals surface area (Å²) in [6.45, 7) is 0.642. The molecule has 0 aliphatic carbocycles. The number of thiazole rings is 1. The molecule has 17 heavy (non-hydrogen) atoms. The van der Waals surface area contributed by atoms with E-state index in [2.05, 4.69) is 21.4 Å². The highest BCUT2D eigenvalue weighted by Gasteiger charge is 2.08. The summed E-state index contributed by atoms with van der Waals surface area (Å²) in [5.41, 5.74) is 8.89. The number of fused-ring (bicyclic) bond motifs is 1. The summed E-state index contributed by atoms with van der Waals surface area (Å²) in [5, 5.41) is 3.12. The Labute approximate surface area is 103 Å². The fourth-order valence-electron chi connectivity index (χ4n) is 1.83. The van der Waals surface area contributed by atoms with Crippen LogP contribution in [0.25, 0.3) is 16.1 Å². The van der Waals surface area contributed by atoms with Crippen LogP contribution in [0.5, 0.6) is 0 Å². The summed E-state index contributed by atoms with van der Waals surface area (Å²) in [6.07, 6.45) is 6.44. The first kappa shape index (κ1) is 10.4. The molecule has 0 bridgehead atoms. The van der Waals surface area contributed by atoms with Gasteiger partial charge >= 0.3 is 0 Å². The third-order valence-electron chi connectivity index (χ3n) is 2.65. The first-order chi connectivity index (χ1) is 8.38. The fraction of sp³-hybridized carbons (Fsp3) is 0.167. The second-order valence-corrected chi connectivity index (χ2v) is 4.64. The molecule has 3 rings (SSSR count). The largest absolute Gasteiger partial charge is 0.330 e. The molecule has 0 radical (unpaired) electrons. The lowest BCUT2D eigenvalue weighted by Gasteiger charge is -1.95. The third kappa shape index (κ3) is 1.83. The average Bonchev–Trinajstić information content (AvgIpc) is 2.95. The Morgan fingerprint density at radius 3 is 3.18 bits per heavy atom. The summed E-state index contributed by atoms with van der Waals surface area (Å²) in [5.74, 6) is 0. The lowest BCUT2D eigenvalue weighted by molar-refractivity contribution is 0.936. The third-order valence-corrected chi connectivity index (χ3v) is 3.57. The summed E-state index contributed by atoms with van der Waals surface area (Å²) in [6, 6.07) is 4.07. The van der Waals surface area contributed by atoms with Gasteiger partial charge in [-0.3, -0.25) is 0 Å². The SMILES string of the molecule is NCCc1csc(-c2ccn3cnccc23)n1. The van der Waals surface area contributed by atoms with Crippen LogP contribution in [0.15, 0.2) is 36.2 Å². The van der Waals surface area contributed by atoms with E-state index in [4.69, 9.17) is 5.73 Å². The Kier molecular flexibility index (Phi) is 2.62. The van der Waals surface area contributed by atoms with Gasteiger partial charge in [-0.1, -0.05) is 0 Å². The summed E-state index contributed by atoms with van der Waals surface area (Å²) >= 11 is 1.66. The first-order valence-electron chi connectivity index (χ1n) is 5.44. The van der Waals surface area contributed by atoms with E-state index in [-0.39, 0.29) is 0 Å². The molecule has 3 aromatic heterocycles. The molecule has 0 saturated heterocycles. The van der Waals surface area contributed by atoms with Gasteiger partial charge in [0.25, 0.3) is 0 Å². The zero-order valence-corrected chi connectivity index (χ0v) is 10.0. The summed E-state index contributed by atoms with van der Waals surface area (Å²) < 4.78 is 2.00. The molecule has 0 saturated carbocycles. The van der Waals surface area contributed by atoms with Crippen LogP contribution in [0.1, 0.15) is 5.69 Å². The summed E-state index contributed by atoms with van der Waals surface area (Å²) in [7, 11) is 0. The number of aromatic nitrogens is 3. The zero-order valence-electron chi connectivity index (χ0n) is 9.21. The lowest BCUT2D eigenvalue weighted by atomic mass is 10.3. The first-order valence-corrected chi connectivity index (χ1v) is 6.32. The van der Waals surface area contributed by atoms with Gasteiger partial charge in [0.1, 0.15) is 5.01 Å². The minimum absolute atomic E-state index is 0.642. The van der Waals surface area contributed by atoms with Gasteiger partial charge < -0.3 is 10.1 Å². The Morgan fingerprint density at radius 2 is 2.29 bits per heavy atom. The van der Waals surface area contributed by atoms with Crippen LogP contribution >= 0.6 is 11.3 Å². The van der Waals surface area contributed by atoms with Gasteiger partial charge in [-0.05, 0) is 18.7 Å². The van der Waals surface area contributed by atoms with Crippen LogP contribution in [-0.4, -0.2) is 20.9 Å². The standard InChI is InChI=1S/C12H12N4S/c13-4-1-9-7-17-12(15-9)10-3-6-16-8-14-5-2-11(10)16/h2-3,5-8H,1,4,13H2. The van der Waals surface area contributed by atoms with Gasteiger partial charge in [-0.25, -0.2) is 9.97 Å². The second kappa shape index (κ2) is 4.27. The number of hydrogen-bond donors (Lipinski definition) is 1. The summed E-state index contributed by atoms with van der Waals surface area (Å²) in [4.78, 5) is 8.68. The molecule has 0 aliphatic rings. The van der Waals surface area contributed by atoms with E-state index < -0.39 is 0 Å². The maximum absolute atomic E-state index is 5.53. The number of nitrogens with zero attached hydrogens (tertiary/aromatic N) is 3. The van der Waals surface area contributed by atoms with Crippen LogP contribution in [0.3, 0.4) is 0 Å². The quantitative estimate of drug-likeness (QED) is 0.766. The fourth-order valence-corrected chi connectivity index (χ4v) is 2.72. The Morgan fingerprint density at radius 1 is 1.35 bits per heavy atom. The van der Waals surface area contributed by atoms with Gasteiger partial charge in [-0.2, -0.15) is 0 Å². The second-order valence-electron chi connectivity index (χ2n) is 3.78. The van der Waals surface area contributed by atoms with E-state index in [0.29, 0.717) is 6.54 Å². The van der Waals surface area contributed by atoms with Crippen molar-refractivity contribution in [3.8, 4) is 10.6 Å².